The quantitative estimate of drug-likeness (QED) is 0.482. The second-order valence-electron chi connectivity index (χ2n) is 5.78. The summed E-state index contributed by atoms with van der Waals surface area (Å²) in [6.07, 6.45) is 3.39. The molecule has 0 aliphatic rings. The van der Waals surface area contributed by atoms with Crippen molar-refractivity contribution >= 4 is 11.6 Å². The third-order valence-electron chi connectivity index (χ3n) is 3.95. The fourth-order valence-corrected chi connectivity index (χ4v) is 2.85. The van der Waals surface area contributed by atoms with E-state index in [0.29, 0.717) is 22.2 Å². The van der Waals surface area contributed by atoms with Gasteiger partial charge >= 0.3 is 0 Å². The Morgan fingerprint density at radius 3 is 2.52 bits per heavy atom. The molecule has 0 spiro atoms. The normalized spacial score (nSPS) is 10.3. The number of aromatic amines is 1. The number of pyridine rings is 1. The summed E-state index contributed by atoms with van der Waals surface area (Å²) in [5, 5.41) is 0.306. The minimum absolute atomic E-state index is 0.253. The molecule has 0 atom stereocenters. The lowest BCUT2D eigenvalue weighted by Gasteiger charge is -2.01. The van der Waals surface area contributed by atoms with Gasteiger partial charge in [-0.15, -0.1) is 0 Å². The van der Waals surface area contributed by atoms with E-state index >= 15 is 0 Å². The van der Waals surface area contributed by atoms with E-state index in [9.17, 15) is 4.39 Å². The SMILES string of the molecule is Fc1cccc(Cl)c1-c1nc(-c2ccc(C#Cc3ccccc3)nc2)c[nH]1. The number of hydrogen-bond acceptors (Lipinski definition) is 2. The molecule has 27 heavy (non-hydrogen) atoms. The third-order valence-corrected chi connectivity index (χ3v) is 4.26. The first-order valence-electron chi connectivity index (χ1n) is 8.24. The zero-order valence-corrected chi connectivity index (χ0v) is 14.8. The summed E-state index contributed by atoms with van der Waals surface area (Å²) in [5.41, 5.74) is 3.30. The Hall–Kier alpha value is -3.42. The minimum atomic E-state index is -0.423. The second kappa shape index (κ2) is 7.45. The van der Waals surface area contributed by atoms with Crippen LogP contribution in [-0.2, 0) is 0 Å². The van der Waals surface area contributed by atoms with E-state index in [0.717, 1.165) is 11.1 Å². The van der Waals surface area contributed by atoms with Gasteiger partial charge < -0.3 is 4.98 Å². The minimum Gasteiger partial charge on any atom is -0.344 e. The van der Waals surface area contributed by atoms with Gasteiger partial charge in [-0.3, -0.25) is 0 Å². The molecular weight excluding hydrogens is 361 g/mol. The summed E-state index contributed by atoms with van der Waals surface area (Å²) >= 11 is 6.10. The van der Waals surface area contributed by atoms with Crippen molar-refractivity contribution in [1.29, 1.82) is 0 Å². The maximum atomic E-state index is 14.1. The van der Waals surface area contributed by atoms with Crippen LogP contribution in [0.4, 0.5) is 4.39 Å². The zero-order valence-electron chi connectivity index (χ0n) is 14.1. The molecule has 0 aliphatic carbocycles. The van der Waals surface area contributed by atoms with Gasteiger partial charge in [0.15, 0.2) is 0 Å². The highest BCUT2D eigenvalue weighted by Crippen LogP contribution is 2.29. The molecule has 0 saturated carbocycles. The molecule has 2 heterocycles. The van der Waals surface area contributed by atoms with Crippen molar-refractivity contribution in [2.24, 2.45) is 0 Å². The molecule has 0 amide bonds. The number of benzene rings is 2. The molecule has 0 radical (unpaired) electrons. The Morgan fingerprint density at radius 2 is 1.78 bits per heavy atom. The predicted molar refractivity (Wildman–Crippen MR) is 105 cm³/mol. The van der Waals surface area contributed by atoms with Gasteiger partial charge in [-0.1, -0.05) is 41.8 Å². The van der Waals surface area contributed by atoms with Gasteiger partial charge in [0.05, 0.1) is 16.3 Å². The number of hydrogen-bond donors (Lipinski definition) is 1. The fourth-order valence-electron chi connectivity index (χ4n) is 2.60. The second-order valence-corrected chi connectivity index (χ2v) is 6.19. The number of H-pyrrole nitrogens is 1. The Kier molecular flexibility index (Phi) is 4.69. The van der Waals surface area contributed by atoms with Crippen LogP contribution in [-0.4, -0.2) is 15.0 Å². The molecule has 1 N–H and O–H groups in total. The average molecular weight is 374 g/mol. The molecule has 4 rings (SSSR count). The molecule has 0 aliphatic heterocycles. The van der Waals surface area contributed by atoms with Crippen LogP contribution >= 0.6 is 11.6 Å². The van der Waals surface area contributed by atoms with Crippen LogP contribution in [0, 0.1) is 17.7 Å². The van der Waals surface area contributed by atoms with Crippen molar-refractivity contribution in [2.45, 2.75) is 0 Å². The highest BCUT2D eigenvalue weighted by atomic mass is 35.5. The van der Waals surface area contributed by atoms with Crippen LogP contribution in [0.1, 0.15) is 11.3 Å². The molecule has 2 aromatic carbocycles. The zero-order chi connectivity index (χ0) is 18.6. The molecule has 3 nitrogen and oxygen atoms in total. The van der Waals surface area contributed by atoms with Crippen LogP contribution < -0.4 is 0 Å². The van der Waals surface area contributed by atoms with Crippen LogP contribution in [0.25, 0.3) is 22.6 Å². The number of nitrogens with one attached hydrogen (secondary N) is 1. The summed E-state index contributed by atoms with van der Waals surface area (Å²) in [4.78, 5) is 11.8. The molecule has 2 aromatic heterocycles. The van der Waals surface area contributed by atoms with Gasteiger partial charge in [0.25, 0.3) is 0 Å². The van der Waals surface area contributed by atoms with Gasteiger partial charge in [0, 0.05) is 23.5 Å². The fraction of sp³-hybridized carbons (Fsp3) is 0. The lowest BCUT2D eigenvalue weighted by atomic mass is 10.2. The van der Waals surface area contributed by atoms with Gasteiger partial charge in [-0.25, -0.2) is 14.4 Å². The standard InChI is InChI=1S/C22H13ClFN3/c23-18-7-4-8-19(24)21(18)22-26-14-20(27-22)16-10-12-17(25-13-16)11-9-15-5-2-1-3-6-15/h1-8,10,12-14H,(H,26,27). The van der Waals surface area contributed by atoms with E-state index < -0.39 is 5.82 Å². The van der Waals surface area contributed by atoms with Crippen LogP contribution in [0.3, 0.4) is 0 Å². The summed E-state index contributed by atoms with van der Waals surface area (Å²) in [6, 6.07) is 18.0. The van der Waals surface area contributed by atoms with Crippen LogP contribution in [0.5, 0.6) is 0 Å². The van der Waals surface area contributed by atoms with Crippen molar-refractivity contribution in [3.05, 3.63) is 95.2 Å². The van der Waals surface area contributed by atoms with Gasteiger partial charge in [-0.05, 0) is 42.3 Å². The number of imidazole rings is 1. The lowest BCUT2D eigenvalue weighted by molar-refractivity contribution is 0.630. The first kappa shape index (κ1) is 17.0. The van der Waals surface area contributed by atoms with Crippen molar-refractivity contribution in [1.82, 2.24) is 15.0 Å². The average Bonchev–Trinajstić information content (AvgIpc) is 3.17. The first-order valence-corrected chi connectivity index (χ1v) is 8.62. The van der Waals surface area contributed by atoms with Gasteiger partial charge in [-0.2, -0.15) is 0 Å². The largest absolute Gasteiger partial charge is 0.344 e. The smallest absolute Gasteiger partial charge is 0.142 e. The monoisotopic (exact) mass is 373 g/mol. The number of rotatable bonds is 2. The maximum Gasteiger partial charge on any atom is 0.142 e. The number of halogens is 2. The summed E-state index contributed by atoms with van der Waals surface area (Å²) < 4.78 is 14.1. The number of nitrogens with zero attached hydrogens (tertiary/aromatic N) is 2. The predicted octanol–water partition coefficient (Wildman–Crippen LogP) is 5.33. The van der Waals surface area contributed by atoms with E-state index in [2.05, 4.69) is 26.8 Å². The van der Waals surface area contributed by atoms with Crippen molar-refractivity contribution < 1.29 is 4.39 Å². The van der Waals surface area contributed by atoms with E-state index in [1.807, 2.05) is 42.5 Å². The molecule has 4 aromatic rings. The van der Waals surface area contributed by atoms with E-state index in [-0.39, 0.29) is 5.56 Å². The molecule has 0 fully saturated rings. The molecule has 130 valence electrons. The van der Waals surface area contributed by atoms with Crippen LogP contribution in [0.15, 0.2) is 73.1 Å². The van der Waals surface area contributed by atoms with Crippen molar-refractivity contribution in [2.75, 3.05) is 0 Å². The highest BCUT2D eigenvalue weighted by molar-refractivity contribution is 6.33. The Morgan fingerprint density at radius 1 is 0.926 bits per heavy atom. The number of aromatic nitrogens is 3. The van der Waals surface area contributed by atoms with E-state index in [4.69, 9.17) is 11.6 Å². The topological polar surface area (TPSA) is 41.6 Å². The Labute approximate surface area is 160 Å². The maximum absolute atomic E-state index is 14.1. The summed E-state index contributed by atoms with van der Waals surface area (Å²) in [5.74, 6) is 6.05. The first-order chi connectivity index (χ1) is 13.2. The van der Waals surface area contributed by atoms with E-state index in [1.165, 1.54) is 6.07 Å². The van der Waals surface area contributed by atoms with Crippen molar-refractivity contribution in [3.63, 3.8) is 0 Å². The summed E-state index contributed by atoms with van der Waals surface area (Å²) in [6.45, 7) is 0. The highest BCUT2D eigenvalue weighted by Gasteiger charge is 2.13. The molecule has 0 saturated heterocycles. The summed E-state index contributed by atoms with van der Waals surface area (Å²) in [7, 11) is 0. The third kappa shape index (κ3) is 3.74. The molecule has 0 unspecified atom stereocenters. The van der Waals surface area contributed by atoms with E-state index in [1.54, 1.807) is 24.5 Å². The molecule has 0 bridgehead atoms. The molecule has 5 heteroatoms. The van der Waals surface area contributed by atoms with Crippen LogP contribution in [0.2, 0.25) is 5.02 Å². The van der Waals surface area contributed by atoms with Gasteiger partial charge in [0.1, 0.15) is 17.3 Å². The Bertz CT molecular complexity index is 1120. The molecular formula is C22H13ClFN3. The lowest BCUT2D eigenvalue weighted by Crippen LogP contribution is -1.88. The van der Waals surface area contributed by atoms with Crippen molar-refractivity contribution in [3.8, 4) is 34.5 Å². The Balaban J connectivity index is 1.59. The van der Waals surface area contributed by atoms with Gasteiger partial charge in [0.2, 0.25) is 0 Å².